The van der Waals surface area contributed by atoms with Gasteiger partial charge in [0, 0.05) is 23.5 Å². The van der Waals surface area contributed by atoms with Crippen LogP contribution >= 0.6 is 0 Å². The molecule has 0 saturated heterocycles. The summed E-state index contributed by atoms with van der Waals surface area (Å²) >= 11 is 0. The zero-order chi connectivity index (χ0) is 33.2. The third-order valence-electron chi connectivity index (χ3n) is 8.79. The Hall–Kier alpha value is -5.76. The van der Waals surface area contributed by atoms with E-state index in [0.717, 1.165) is 78.8 Å². The summed E-state index contributed by atoms with van der Waals surface area (Å²) in [6.45, 7) is 0. The van der Waals surface area contributed by atoms with Crippen molar-refractivity contribution in [2.24, 2.45) is 0 Å². The second kappa shape index (κ2) is 10.9. The maximum atomic E-state index is 13.4. The SMILES string of the molecule is FC(F)(F)c1ccc(-c2cc3ccc4c(-c5ccccn5)c(-c5ccc(C(F)(F)F)cc5)cc5ccc(c2-c2ccccn2)c3c54)cc1. The number of hydrogen-bond donors (Lipinski definition) is 0. The maximum Gasteiger partial charge on any atom is 0.416 e. The summed E-state index contributed by atoms with van der Waals surface area (Å²) in [5.74, 6) is 0. The van der Waals surface area contributed by atoms with Gasteiger partial charge in [-0.15, -0.1) is 0 Å². The third kappa shape index (κ3) is 4.92. The molecule has 0 amide bonds. The molecule has 0 bridgehead atoms. The molecule has 8 rings (SSSR count). The second-order valence-corrected chi connectivity index (χ2v) is 11.6. The lowest BCUT2D eigenvalue weighted by molar-refractivity contribution is -0.138. The van der Waals surface area contributed by atoms with Crippen molar-refractivity contribution >= 4 is 32.3 Å². The number of rotatable bonds is 4. The molecule has 0 spiro atoms. The Morgan fingerprint density at radius 3 is 1.15 bits per heavy atom. The van der Waals surface area contributed by atoms with E-state index in [0.29, 0.717) is 22.5 Å². The van der Waals surface area contributed by atoms with Gasteiger partial charge in [0.05, 0.1) is 22.5 Å². The van der Waals surface area contributed by atoms with E-state index in [2.05, 4.69) is 9.97 Å². The molecule has 6 aromatic carbocycles. The van der Waals surface area contributed by atoms with E-state index < -0.39 is 23.5 Å². The van der Waals surface area contributed by atoms with Gasteiger partial charge < -0.3 is 0 Å². The largest absolute Gasteiger partial charge is 0.416 e. The molecule has 8 heteroatoms. The van der Waals surface area contributed by atoms with Crippen molar-refractivity contribution in [1.82, 2.24) is 9.97 Å². The summed E-state index contributed by atoms with van der Waals surface area (Å²) in [6.07, 6.45) is -5.56. The lowest BCUT2D eigenvalue weighted by atomic mass is 9.83. The van der Waals surface area contributed by atoms with Crippen molar-refractivity contribution in [1.29, 1.82) is 0 Å². The smallest absolute Gasteiger partial charge is 0.256 e. The highest BCUT2D eigenvalue weighted by Crippen LogP contribution is 2.48. The minimum Gasteiger partial charge on any atom is -0.256 e. The molecule has 2 nitrogen and oxygen atoms in total. The van der Waals surface area contributed by atoms with Crippen molar-refractivity contribution in [2.45, 2.75) is 12.4 Å². The van der Waals surface area contributed by atoms with Crippen LogP contribution in [0.5, 0.6) is 0 Å². The highest BCUT2D eigenvalue weighted by molar-refractivity contribution is 6.30. The molecular formula is C40H22F6N2. The molecule has 0 aliphatic heterocycles. The second-order valence-electron chi connectivity index (χ2n) is 11.6. The van der Waals surface area contributed by atoms with E-state index in [4.69, 9.17) is 0 Å². The monoisotopic (exact) mass is 644 g/mol. The van der Waals surface area contributed by atoms with Gasteiger partial charge in [0.25, 0.3) is 0 Å². The van der Waals surface area contributed by atoms with Gasteiger partial charge in [0.2, 0.25) is 0 Å². The van der Waals surface area contributed by atoms with Crippen LogP contribution in [0.3, 0.4) is 0 Å². The third-order valence-corrected chi connectivity index (χ3v) is 8.79. The lowest BCUT2D eigenvalue weighted by Crippen LogP contribution is -2.04. The van der Waals surface area contributed by atoms with E-state index in [1.165, 1.54) is 24.3 Å². The van der Waals surface area contributed by atoms with Crippen molar-refractivity contribution in [2.75, 3.05) is 0 Å². The quantitative estimate of drug-likeness (QED) is 0.141. The summed E-state index contributed by atoms with van der Waals surface area (Å²) < 4.78 is 80.6. The fourth-order valence-electron chi connectivity index (χ4n) is 6.66. The molecule has 8 aromatic rings. The summed E-state index contributed by atoms with van der Waals surface area (Å²) in [4.78, 5) is 9.29. The Labute approximate surface area is 270 Å². The van der Waals surface area contributed by atoms with Gasteiger partial charge in [-0.3, -0.25) is 9.97 Å². The zero-order valence-electron chi connectivity index (χ0n) is 24.9. The van der Waals surface area contributed by atoms with E-state index in [9.17, 15) is 26.3 Å². The molecule has 0 aliphatic carbocycles. The fraction of sp³-hybridized carbons (Fsp3) is 0.0500. The molecule has 2 heterocycles. The molecule has 0 N–H and O–H groups in total. The average Bonchev–Trinajstić information content (AvgIpc) is 3.10. The van der Waals surface area contributed by atoms with Crippen LogP contribution in [0.25, 0.3) is 77.1 Å². The highest BCUT2D eigenvalue weighted by atomic mass is 19.4. The molecule has 234 valence electrons. The molecule has 0 atom stereocenters. The number of halogens is 6. The number of hydrogen-bond acceptors (Lipinski definition) is 2. The molecule has 0 unspecified atom stereocenters. The summed E-state index contributed by atoms with van der Waals surface area (Å²) in [6, 6.07) is 33.3. The number of benzene rings is 6. The molecule has 0 fully saturated rings. The Morgan fingerprint density at radius 2 is 0.812 bits per heavy atom. The average molecular weight is 645 g/mol. The van der Waals surface area contributed by atoms with E-state index in [1.807, 2.05) is 60.7 Å². The van der Waals surface area contributed by atoms with Crippen LogP contribution in [0.15, 0.2) is 134 Å². The Balaban J connectivity index is 1.45. The number of nitrogens with zero attached hydrogens (tertiary/aromatic N) is 2. The van der Waals surface area contributed by atoms with Gasteiger partial charge in [-0.25, -0.2) is 0 Å². The van der Waals surface area contributed by atoms with Gasteiger partial charge in [-0.1, -0.05) is 60.7 Å². The van der Waals surface area contributed by atoms with Crippen molar-refractivity contribution in [3.05, 3.63) is 145 Å². The predicted molar refractivity (Wildman–Crippen MR) is 177 cm³/mol. The topological polar surface area (TPSA) is 25.8 Å². The first-order valence-corrected chi connectivity index (χ1v) is 15.0. The lowest BCUT2D eigenvalue weighted by Gasteiger charge is -2.21. The molecule has 0 aliphatic rings. The first kappa shape index (κ1) is 29.6. The van der Waals surface area contributed by atoms with Crippen molar-refractivity contribution < 1.29 is 26.3 Å². The van der Waals surface area contributed by atoms with Gasteiger partial charge in [-0.05, 0) is 115 Å². The van der Waals surface area contributed by atoms with E-state index in [1.54, 1.807) is 24.5 Å². The van der Waals surface area contributed by atoms with Crippen LogP contribution < -0.4 is 0 Å². The highest BCUT2D eigenvalue weighted by Gasteiger charge is 2.31. The van der Waals surface area contributed by atoms with Crippen molar-refractivity contribution in [3.8, 4) is 44.8 Å². The summed E-state index contributed by atoms with van der Waals surface area (Å²) in [7, 11) is 0. The first-order chi connectivity index (χ1) is 23.1. The number of aromatic nitrogens is 2. The molecule has 0 radical (unpaired) electrons. The number of alkyl halides is 6. The Kier molecular flexibility index (Phi) is 6.73. The fourth-order valence-corrected chi connectivity index (χ4v) is 6.66. The summed E-state index contributed by atoms with van der Waals surface area (Å²) in [5.41, 5.74) is 4.16. The zero-order valence-corrected chi connectivity index (χ0v) is 24.9. The van der Waals surface area contributed by atoms with Gasteiger partial charge in [0.15, 0.2) is 0 Å². The van der Waals surface area contributed by atoms with Gasteiger partial charge >= 0.3 is 12.4 Å². The minimum absolute atomic E-state index is 0.618. The van der Waals surface area contributed by atoms with Gasteiger partial charge in [0.1, 0.15) is 0 Å². The maximum absolute atomic E-state index is 13.4. The van der Waals surface area contributed by atoms with Crippen molar-refractivity contribution in [3.63, 3.8) is 0 Å². The first-order valence-electron chi connectivity index (χ1n) is 15.0. The van der Waals surface area contributed by atoms with Crippen LogP contribution in [0.4, 0.5) is 26.3 Å². The van der Waals surface area contributed by atoms with Gasteiger partial charge in [-0.2, -0.15) is 26.3 Å². The minimum atomic E-state index is -4.46. The normalized spacial score (nSPS) is 12.4. The standard InChI is InChI=1S/C40H22F6N2/c41-39(42,43)27-13-7-23(8-14-27)31-21-25-12-18-30-36-26(11-17-29(35(25)36)37(31)33-5-1-3-19-47-33)22-32(38(30)34-6-2-4-20-48-34)24-9-15-28(16-10-24)40(44,45)46/h1-22H. The van der Waals surface area contributed by atoms with Crippen LogP contribution in [0.2, 0.25) is 0 Å². The Morgan fingerprint density at radius 1 is 0.417 bits per heavy atom. The van der Waals surface area contributed by atoms with Crippen LogP contribution in [-0.2, 0) is 12.4 Å². The van der Waals surface area contributed by atoms with Crippen LogP contribution in [-0.4, -0.2) is 9.97 Å². The molecule has 2 aromatic heterocycles. The Bertz CT molecular complexity index is 2260. The predicted octanol–water partition coefficient (Wildman–Crippen LogP) is 12.1. The molecule has 48 heavy (non-hydrogen) atoms. The summed E-state index contributed by atoms with van der Waals surface area (Å²) in [5, 5.41) is 5.38. The number of pyridine rings is 2. The van der Waals surface area contributed by atoms with E-state index in [-0.39, 0.29) is 0 Å². The van der Waals surface area contributed by atoms with E-state index >= 15 is 0 Å². The van der Waals surface area contributed by atoms with Crippen LogP contribution in [0, 0.1) is 0 Å². The molecule has 0 saturated carbocycles. The van der Waals surface area contributed by atoms with Crippen LogP contribution in [0.1, 0.15) is 11.1 Å². The molecular weight excluding hydrogens is 622 g/mol.